The van der Waals surface area contributed by atoms with Crippen molar-refractivity contribution < 1.29 is 0 Å². The first-order valence-electron chi connectivity index (χ1n) is 11.6. The van der Waals surface area contributed by atoms with Gasteiger partial charge in [-0.3, -0.25) is 4.90 Å². The van der Waals surface area contributed by atoms with Gasteiger partial charge in [0.05, 0.1) is 0 Å². The lowest BCUT2D eigenvalue weighted by Crippen LogP contribution is -2.28. The molecule has 2 fully saturated rings. The van der Waals surface area contributed by atoms with Crippen LogP contribution < -0.4 is 0 Å². The fourth-order valence-electron chi connectivity index (χ4n) is 5.75. The molecule has 168 valence electrons. The van der Waals surface area contributed by atoms with E-state index in [1.54, 1.807) is 5.57 Å². The van der Waals surface area contributed by atoms with Crippen molar-refractivity contribution in [3.63, 3.8) is 0 Å². The molecule has 0 aromatic heterocycles. The van der Waals surface area contributed by atoms with Crippen molar-refractivity contribution in [3.05, 3.63) is 77.4 Å². The van der Waals surface area contributed by atoms with Gasteiger partial charge in [0, 0.05) is 38.1 Å². The van der Waals surface area contributed by atoms with E-state index in [9.17, 15) is 0 Å². The number of rotatable bonds is 6. The van der Waals surface area contributed by atoms with Crippen molar-refractivity contribution in [2.75, 3.05) is 26.2 Å². The summed E-state index contributed by atoms with van der Waals surface area (Å²) >= 11 is 0. The van der Waals surface area contributed by atoms with Crippen LogP contribution in [-0.2, 0) is 13.0 Å². The van der Waals surface area contributed by atoms with E-state index in [1.165, 1.54) is 68.6 Å². The van der Waals surface area contributed by atoms with E-state index in [-0.39, 0.29) is 24.8 Å². The Labute approximate surface area is 200 Å². The minimum atomic E-state index is 0. The van der Waals surface area contributed by atoms with Gasteiger partial charge in [-0.25, -0.2) is 0 Å². The van der Waals surface area contributed by atoms with Crippen LogP contribution in [0.15, 0.2) is 60.7 Å². The molecule has 0 N–H and O–H groups in total. The second-order valence-corrected chi connectivity index (χ2v) is 9.42. The Kier molecular flexibility index (Phi) is 8.64. The van der Waals surface area contributed by atoms with Gasteiger partial charge in [-0.05, 0) is 67.3 Å². The fourth-order valence-corrected chi connectivity index (χ4v) is 5.75. The van der Waals surface area contributed by atoms with Crippen LogP contribution in [0.2, 0.25) is 0 Å². The highest BCUT2D eigenvalue weighted by atomic mass is 35.5. The normalized spacial score (nSPS) is 25.6. The second kappa shape index (κ2) is 11.0. The van der Waals surface area contributed by atoms with Crippen LogP contribution in [0.3, 0.4) is 0 Å². The third kappa shape index (κ3) is 5.54. The lowest BCUT2D eigenvalue weighted by molar-refractivity contribution is 0.272. The smallest absolute Gasteiger partial charge is 0.0234 e. The molecule has 5 rings (SSSR count). The maximum Gasteiger partial charge on any atom is 0.0234 e. The minimum Gasteiger partial charge on any atom is -0.300 e. The molecular weight excluding hydrogens is 423 g/mol. The summed E-state index contributed by atoms with van der Waals surface area (Å²) < 4.78 is 0. The number of fused-ring (bicyclic) bond motifs is 1. The number of allylic oxidation sites excluding steroid dienone is 1. The van der Waals surface area contributed by atoms with Gasteiger partial charge in [0.15, 0.2) is 0 Å². The monoisotopic (exact) mass is 458 g/mol. The summed E-state index contributed by atoms with van der Waals surface area (Å²) in [4.78, 5) is 5.31. The van der Waals surface area contributed by atoms with Crippen molar-refractivity contribution in [2.45, 2.75) is 45.2 Å². The Morgan fingerprint density at radius 2 is 1.68 bits per heavy atom. The second-order valence-electron chi connectivity index (χ2n) is 9.42. The number of hydrogen-bond donors (Lipinski definition) is 0. The van der Waals surface area contributed by atoms with Gasteiger partial charge in [0.1, 0.15) is 0 Å². The molecule has 31 heavy (non-hydrogen) atoms. The van der Waals surface area contributed by atoms with E-state index in [0.29, 0.717) is 0 Å². The van der Waals surface area contributed by atoms with Crippen molar-refractivity contribution >= 4 is 30.4 Å². The molecule has 0 radical (unpaired) electrons. The molecule has 2 saturated heterocycles. The Hall–Kier alpha value is -1.32. The van der Waals surface area contributed by atoms with E-state index < -0.39 is 0 Å². The van der Waals surface area contributed by atoms with Crippen molar-refractivity contribution in [3.8, 4) is 0 Å². The quantitative estimate of drug-likeness (QED) is 0.516. The SMILES string of the molecule is C[C@H]1CCCN1CCc1ccc(C2=CC[C@H]3CN(Cc4ccccc4)C[C@@H]23)cc1.Cl.Cl. The summed E-state index contributed by atoms with van der Waals surface area (Å²) in [5, 5.41) is 0. The molecule has 2 aromatic carbocycles. The highest BCUT2D eigenvalue weighted by Gasteiger charge is 2.38. The van der Waals surface area contributed by atoms with Crippen molar-refractivity contribution in [1.29, 1.82) is 0 Å². The molecule has 0 bridgehead atoms. The van der Waals surface area contributed by atoms with Crippen LogP contribution in [0.25, 0.3) is 5.57 Å². The van der Waals surface area contributed by atoms with Gasteiger partial charge < -0.3 is 4.90 Å². The van der Waals surface area contributed by atoms with E-state index >= 15 is 0 Å². The van der Waals surface area contributed by atoms with Crippen LogP contribution in [0.5, 0.6) is 0 Å². The van der Waals surface area contributed by atoms with Gasteiger partial charge in [-0.15, -0.1) is 24.8 Å². The molecular formula is C27H36Cl2N2. The molecule has 2 nitrogen and oxygen atoms in total. The fraction of sp³-hybridized carbons (Fsp3) is 0.481. The van der Waals surface area contributed by atoms with E-state index in [4.69, 9.17) is 0 Å². The van der Waals surface area contributed by atoms with Crippen LogP contribution >= 0.6 is 24.8 Å². The van der Waals surface area contributed by atoms with Gasteiger partial charge >= 0.3 is 0 Å². The Balaban J connectivity index is 0.00000136. The van der Waals surface area contributed by atoms with E-state index in [1.807, 2.05) is 0 Å². The summed E-state index contributed by atoms with van der Waals surface area (Å²) in [6.07, 6.45) is 7.70. The molecule has 0 spiro atoms. The summed E-state index contributed by atoms with van der Waals surface area (Å²) in [6.45, 7) is 8.42. The largest absolute Gasteiger partial charge is 0.300 e. The Morgan fingerprint density at radius 1 is 0.903 bits per heavy atom. The summed E-state index contributed by atoms with van der Waals surface area (Å²) in [7, 11) is 0. The standard InChI is InChI=1S/C27H34N2.2ClH/c1-21-6-5-16-29(21)17-15-22-9-11-24(12-10-22)26-14-13-25-19-28(20-27(25)26)18-23-7-3-2-4-8-23;;/h2-4,7-12,14,21,25,27H,5-6,13,15-20H2,1H3;2*1H/t21-,25-,27+;;/m0../s1. The number of benzene rings is 2. The molecule has 0 unspecified atom stereocenters. The highest BCUT2D eigenvalue weighted by molar-refractivity contribution is 5.85. The maximum atomic E-state index is 2.66. The number of halogens is 2. The van der Waals surface area contributed by atoms with Crippen LogP contribution in [0.1, 0.15) is 42.9 Å². The van der Waals surface area contributed by atoms with Gasteiger partial charge in [-0.2, -0.15) is 0 Å². The average Bonchev–Trinajstić information content (AvgIpc) is 3.44. The first kappa shape index (κ1) is 24.3. The average molecular weight is 460 g/mol. The first-order valence-corrected chi connectivity index (χ1v) is 11.6. The van der Waals surface area contributed by atoms with Crippen molar-refractivity contribution in [1.82, 2.24) is 9.80 Å². The van der Waals surface area contributed by atoms with E-state index in [0.717, 1.165) is 24.4 Å². The highest BCUT2D eigenvalue weighted by Crippen LogP contribution is 2.43. The molecule has 0 amide bonds. The molecule has 2 aliphatic heterocycles. The lowest BCUT2D eigenvalue weighted by Gasteiger charge is -2.21. The molecule has 2 heterocycles. The zero-order valence-electron chi connectivity index (χ0n) is 18.6. The molecule has 0 saturated carbocycles. The predicted molar refractivity (Wildman–Crippen MR) is 136 cm³/mol. The van der Waals surface area contributed by atoms with Crippen LogP contribution in [-0.4, -0.2) is 42.0 Å². The lowest BCUT2D eigenvalue weighted by atomic mass is 9.90. The molecule has 2 aromatic rings. The van der Waals surface area contributed by atoms with Crippen molar-refractivity contribution in [2.24, 2.45) is 11.8 Å². The third-order valence-electron chi connectivity index (χ3n) is 7.47. The number of likely N-dealkylation sites (tertiary alicyclic amines) is 2. The van der Waals surface area contributed by atoms with Gasteiger partial charge in [0.2, 0.25) is 0 Å². The minimum absolute atomic E-state index is 0. The predicted octanol–water partition coefficient (Wildman–Crippen LogP) is 6.09. The zero-order chi connectivity index (χ0) is 19.6. The maximum absolute atomic E-state index is 2.66. The first-order chi connectivity index (χ1) is 14.3. The Bertz CT molecular complexity index is 849. The topological polar surface area (TPSA) is 6.48 Å². The molecule has 3 atom stereocenters. The Morgan fingerprint density at radius 3 is 2.39 bits per heavy atom. The molecule has 4 heteroatoms. The molecule has 3 aliphatic rings. The number of hydrogen-bond acceptors (Lipinski definition) is 2. The summed E-state index contributed by atoms with van der Waals surface area (Å²) in [5.74, 6) is 1.53. The van der Waals surface area contributed by atoms with E-state index in [2.05, 4.69) is 77.4 Å². The summed E-state index contributed by atoms with van der Waals surface area (Å²) in [5.41, 5.74) is 5.98. The zero-order valence-corrected chi connectivity index (χ0v) is 20.2. The van der Waals surface area contributed by atoms with Gasteiger partial charge in [0.25, 0.3) is 0 Å². The number of nitrogens with zero attached hydrogens (tertiary/aromatic N) is 2. The molecule has 1 aliphatic carbocycles. The third-order valence-corrected chi connectivity index (χ3v) is 7.47. The van der Waals surface area contributed by atoms with Crippen LogP contribution in [0, 0.1) is 11.8 Å². The summed E-state index contributed by atoms with van der Waals surface area (Å²) in [6, 6.07) is 21.2. The van der Waals surface area contributed by atoms with Crippen LogP contribution in [0.4, 0.5) is 0 Å². The van der Waals surface area contributed by atoms with Gasteiger partial charge in [-0.1, -0.05) is 60.7 Å².